The number of benzene rings is 1. The molecule has 6 nitrogen and oxygen atoms in total. The van der Waals surface area contributed by atoms with Crippen LogP contribution in [0.3, 0.4) is 0 Å². The van der Waals surface area contributed by atoms with Gasteiger partial charge in [0.1, 0.15) is 5.75 Å². The number of aromatic nitrogens is 1. The summed E-state index contributed by atoms with van der Waals surface area (Å²) in [6.45, 7) is 5.53. The Morgan fingerprint density at radius 2 is 1.85 bits per heavy atom. The summed E-state index contributed by atoms with van der Waals surface area (Å²) in [6, 6.07) is 11.0. The highest BCUT2D eigenvalue weighted by molar-refractivity contribution is 5.57. The van der Waals surface area contributed by atoms with E-state index in [4.69, 9.17) is 9.47 Å². The Morgan fingerprint density at radius 3 is 2.63 bits per heavy atom. The summed E-state index contributed by atoms with van der Waals surface area (Å²) < 4.78 is 10.7. The lowest BCUT2D eigenvalue weighted by molar-refractivity contribution is 0.122. The smallest absolute Gasteiger partial charge is 0.119 e. The van der Waals surface area contributed by atoms with Crippen LogP contribution in [-0.4, -0.2) is 57.5 Å². The van der Waals surface area contributed by atoms with Crippen LogP contribution in [0, 0.1) is 0 Å². The number of pyridine rings is 1. The normalized spacial score (nSPS) is 20.4. The van der Waals surface area contributed by atoms with Gasteiger partial charge >= 0.3 is 0 Å². The van der Waals surface area contributed by atoms with Gasteiger partial charge in [-0.3, -0.25) is 4.98 Å². The first kappa shape index (κ1) is 17.9. The van der Waals surface area contributed by atoms with E-state index in [2.05, 4.69) is 38.3 Å². The molecule has 2 aliphatic heterocycles. The van der Waals surface area contributed by atoms with Crippen LogP contribution < -0.4 is 19.9 Å². The fraction of sp³-hybridized carbons (Fsp3) is 0.476. The third-order valence-corrected chi connectivity index (χ3v) is 5.33. The van der Waals surface area contributed by atoms with Crippen molar-refractivity contribution in [2.24, 2.45) is 0 Å². The van der Waals surface area contributed by atoms with Gasteiger partial charge in [0.15, 0.2) is 0 Å². The van der Waals surface area contributed by atoms with Crippen molar-refractivity contribution < 1.29 is 9.47 Å². The Kier molecular flexibility index (Phi) is 5.63. The first-order chi connectivity index (χ1) is 13.3. The second-order valence-corrected chi connectivity index (χ2v) is 7.16. The first-order valence-corrected chi connectivity index (χ1v) is 9.75. The molecule has 1 aromatic carbocycles. The summed E-state index contributed by atoms with van der Waals surface area (Å²) in [6.07, 6.45) is 6.23. The number of methoxy groups -OCH3 is 1. The van der Waals surface area contributed by atoms with Crippen LogP contribution in [0.25, 0.3) is 0 Å². The molecular weight excluding hydrogens is 340 g/mol. The number of anilines is 3. The molecule has 2 aliphatic rings. The highest BCUT2D eigenvalue weighted by Gasteiger charge is 2.21. The van der Waals surface area contributed by atoms with Crippen LogP contribution in [0.1, 0.15) is 12.8 Å². The van der Waals surface area contributed by atoms with Gasteiger partial charge in [-0.2, -0.15) is 0 Å². The molecule has 0 amide bonds. The molecule has 144 valence electrons. The van der Waals surface area contributed by atoms with Crippen molar-refractivity contribution in [2.75, 3.05) is 61.6 Å². The van der Waals surface area contributed by atoms with Crippen molar-refractivity contribution in [1.29, 1.82) is 0 Å². The SMILES string of the molecule is COc1ccc(N2CCC[C@@H](Nc3cncc(N4CCOCC4)c3)C2)cc1. The van der Waals surface area contributed by atoms with Crippen molar-refractivity contribution in [3.63, 3.8) is 0 Å². The number of ether oxygens (including phenoxy) is 2. The van der Waals surface area contributed by atoms with Gasteiger partial charge in [-0.05, 0) is 43.2 Å². The predicted octanol–water partition coefficient (Wildman–Crippen LogP) is 3.01. The molecule has 2 aromatic rings. The van der Waals surface area contributed by atoms with Gasteiger partial charge in [-0.25, -0.2) is 0 Å². The summed E-state index contributed by atoms with van der Waals surface area (Å²) in [4.78, 5) is 9.23. The Bertz CT molecular complexity index is 731. The fourth-order valence-electron chi connectivity index (χ4n) is 3.86. The fourth-order valence-corrected chi connectivity index (χ4v) is 3.86. The molecule has 2 saturated heterocycles. The molecule has 0 spiro atoms. The molecular formula is C21H28N4O2. The minimum atomic E-state index is 0.419. The first-order valence-electron chi connectivity index (χ1n) is 9.75. The molecule has 6 heteroatoms. The van der Waals surface area contributed by atoms with E-state index in [1.807, 2.05) is 24.5 Å². The van der Waals surface area contributed by atoms with Crippen LogP contribution in [-0.2, 0) is 4.74 Å². The zero-order chi connectivity index (χ0) is 18.5. The molecule has 0 aliphatic carbocycles. The highest BCUT2D eigenvalue weighted by Crippen LogP contribution is 2.25. The molecule has 27 heavy (non-hydrogen) atoms. The van der Waals surface area contributed by atoms with Crippen LogP contribution in [0.4, 0.5) is 17.1 Å². The van der Waals surface area contributed by atoms with E-state index < -0.39 is 0 Å². The number of hydrogen-bond donors (Lipinski definition) is 1. The number of hydrogen-bond acceptors (Lipinski definition) is 6. The van der Waals surface area contributed by atoms with Crippen LogP contribution in [0.15, 0.2) is 42.7 Å². The summed E-state index contributed by atoms with van der Waals surface area (Å²) in [5.74, 6) is 0.899. The molecule has 1 N–H and O–H groups in total. The van der Waals surface area contributed by atoms with E-state index in [1.54, 1.807) is 7.11 Å². The van der Waals surface area contributed by atoms with E-state index >= 15 is 0 Å². The number of morpholine rings is 1. The average Bonchev–Trinajstić information content (AvgIpc) is 2.75. The van der Waals surface area contributed by atoms with Crippen LogP contribution >= 0.6 is 0 Å². The van der Waals surface area contributed by atoms with E-state index in [1.165, 1.54) is 24.2 Å². The monoisotopic (exact) mass is 368 g/mol. The lowest BCUT2D eigenvalue weighted by atomic mass is 10.0. The van der Waals surface area contributed by atoms with Gasteiger partial charge in [0.25, 0.3) is 0 Å². The quantitative estimate of drug-likeness (QED) is 0.876. The van der Waals surface area contributed by atoms with Gasteiger partial charge in [-0.15, -0.1) is 0 Å². The second kappa shape index (κ2) is 8.48. The van der Waals surface area contributed by atoms with E-state index in [0.717, 1.165) is 50.8 Å². The van der Waals surface area contributed by atoms with Crippen molar-refractivity contribution in [3.8, 4) is 5.75 Å². The van der Waals surface area contributed by atoms with Crippen molar-refractivity contribution in [1.82, 2.24) is 4.98 Å². The molecule has 0 radical (unpaired) electrons. The summed E-state index contributed by atoms with van der Waals surface area (Å²) in [7, 11) is 1.70. The third kappa shape index (κ3) is 4.45. The zero-order valence-electron chi connectivity index (χ0n) is 15.9. The maximum absolute atomic E-state index is 5.45. The maximum Gasteiger partial charge on any atom is 0.119 e. The van der Waals surface area contributed by atoms with Crippen LogP contribution in [0.5, 0.6) is 5.75 Å². The summed E-state index contributed by atoms with van der Waals surface area (Å²) >= 11 is 0. The Morgan fingerprint density at radius 1 is 1.04 bits per heavy atom. The van der Waals surface area contributed by atoms with Gasteiger partial charge in [0.2, 0.25) is 0 Å². The maximum atomic E-state index is 5.45. The number of nitrogens with zero attached hydrogens (tertiary/aromatic N) is 3. The Labute approximate surface area is 161 Å². The second-order valence-electron chi connectivity index (χ2n) is 7.16. The minimum absolute atomic E-state index is 0.419. The third-order valence-electron chi connectivity index (χ3n) is 5.33. The molecule has 0 bridgehead atoms. The topological polar surface area (TPSA) is 49.9 Å². The Hall–Kier alpha value is -2.47. The lowest BCUT2D eigenvalue weighted by Gasteiger charge is -2.35. The molecule has 2 fully saturated rings. The van der Waals surface area contributed by atoms with E-state index in [0.29, 0.717) is 6.04 Å². The van der Waals surface area contributed by atoms with Gasteiger partial charge in [-0.1, -0.05) is 0 Å². The van der Waals surface area contributed by atoms with Crippen molar-refractivity contribution in [2.45, 2.75) is 18.9 Å². The summed E-state index contributed by atoms with van der Waals surface area (Å²) in [5, 5.41) is 3.70. The number of piperidine rings is 1. The van der Waals surface area contributed by atoms with Gasteiger partial charge in [0.05, 0.1) is 44.1 Å². The number of rotatable bonds is 5. The van der Waals surface area contributed by atoms with Gasteiger partial charge in [0, 0.05) is 37.9 Å². The zero-order valence-corrected chi connectivity index (χ0v) is 15.9. The Balaban J connectivity index is 1.40. The molecule has 1 aromatic heterocycles. The summed E-state index contributed by atoms with van der Waals surface area (Å²) in [5.41, 5.74) is 3.52. The predicted molar refractivity (Wildman–Crippen MR) is 109 cm³/mol. The largest absolute Gasteiger partial charge is 0.497 e. The number of nitrogens with one attached hydrogen (secondary N) is 1. The van der Waals surface area contributed by atoms with E-state index in [9.17, 15) is 0 Å². The molecule has 4 rings (SSSR count). The van der Waals surface area contributed by atoms with Gasteiger partial charge < -0.3 is 24.6 Å². The molecule has 0 saturated carbocycles. The minimum Gasteiger partial charge on any atom is -0.497 e. The van der Waals surface area contributed by atoms with E-state index in [-0.39, 0.29) is 0 Å². The standard InChI is InChI=1S/C21H28N4O2/c1-26-21-6-4-19(5-7-21)25-8-2-3-17(16-25)23-18-13-20(15-22-14-18)24-9-11-27-12-10-24/h4-7,13-15,17,23H,2-3,8-12,16H2,1H3/t17-/m1/s1. The average molecular weight is 368 g/mol. The molecule has 0 unspecified atom stereocenters. The van der Waals surface area contributed by atoms with Crippen molar-refractivity contribution >= 4 is 17.1 Å². The lowest BCUT2D eigenvalue weighted by Crippen LogP contribution is -2.42. The van der Waals surface area contributed by atoms with Crippen molar-refractivity contribution in [3.05, 3.63) is 42.7 Å². The highest BCUT2D eigenvalue weighted by atomic mass is 16.5. The molecule has 3 heterocycles. The molecule has 1 atom stereocenters. The van der Waals surface area contributed by atoms with Crippen LogP contribution in [0.2, 0.25) is 0 Å².